The van der Waals surface area contributed by atoms with Crippen LogP contribution in [0.1, 0.15) is 12.6 Å². The van der Waals surface area contributed by atoms with Crippen molar-refractivity contribution in [3.05, 3.63) is 47.8 Å². The van der Waals surface area contributed by atoms with Crippen molar-refractivity contribution in [1.29, 1.82) is 0 Å². The quantitative estimate of drug-likeness (QED) is 0.886. The summed E-state index contributed by atoms with van der Waals surface area (Å²) in [5, 5.41) is 7.05. The van der Waals surface area contributed by atoms with E-state index >= 15 is 0 Å². The van der Waals surface area contributed by atoms with E-state index in [0.717, 1.165) is 30.4 Å². The van der Waals surface area contributed by atoms with E-state index in [-0.39, 0.29) is 5.69 Å². The minimum atomic E-state index is -0.471. The monoisotopic (exact) mass is 237 g/mol. The van der Waals surface area contributed by atoms with Crippen LogP contribution < -0.4 is 5.32 Å². The Morgan fingerprint density at radius 3 is 2.82 bits per heavy atom. The van der Waals surface area contributed by atoms with Gasteiger partial charge in [-0.05, 0) is 31.2 Å². The van der Waals surface area contributed by atoms with Gasteiger partial charge in [-0.25, -0.2) is 8.78 Å². The third-order valence-corrected chi connectivity index (χ3v) is 2.41. The maximum Gasteiger partial charge on any atom is 0.146 e. The predicted molar refractivity (Wildman–Crippen MR) is 61.6 cm³/mol. The molecular weight excluding hydrogens is 224 g/mol. The Kier molecular flexibility index (Phi) is 3.37. The fraction of sp³-hybridized carbons (Fsp3) is 0.250. The number of rotatable bonds is 4. The smallest absolute Gasteiger partial charge is 0.146 e. The first-order valence-corrected chi connectivity index (χ1v) is 5.40. The summed E-state index contributed by atoms with van der Waals surface area (Å²) in [7, 11) is 0. The topological polar surface area (TPSA) is 29.9 Å². The molecule has 1 heterocycles. The average Bonchev–Trinajstić information content (AvgIpc) is 2.78. The van der Waals surface area contributed by atoms with Gasteiger partial charge < -0.3 is 5.32 Å². The van der Waals surface area contributed by atoms with Crippen LogP contribution >= 0.6 is 0 Å². The second kappa shape index (κ2) is 4.95. The van der Waals surface area contributed by atoms with Crippen molar-refractivity contribution >= 4 is 5.69 Å². The Hall–Kier alpha value is -1.91. The summed E-state index contributed by atoms with van der Waals surface area (Å²) in [6.45, 7) is 3.14. The van der Waals surface area contributed by atoms with Gasteiger partial charge in [0, 0.05) is 12.7 Å². The lowest BCUT2D eigenvalue weighted by molar-refractivity contribution is 0.602. The van der Waals surface area contributed by atoms with Crippen LogP contribution in [0.15, 0.2) is 30.5 Å². The molecule has 0 fully saturated rings. The molecule has 0 unspecified atom stereocenters. The Labute approximate surface area is 98.1 Å². The van der Waals surface area contributed by atoms with Gasteiger partial charge in [0.2, 0.25) is 0 Å². The third kappa shape index (κ3) is 2.81. The zero-order valence-corrected chi connectivity index (χ0v) is 9.45. The Balaban J connectivity index is 2.04. The average molecular weight is 237 g/mol. The van der Waals surface area contributed by atoms with E-state index in [1.807, 2.05) is 19.2 Å². The van der Waals surface area contributed by atoms with Gasteiger partial charge in [0.25, 0.3) is 0 Å². The first-order valence-electron chi connectivity index (χ1n) is 5.40. The number of aryl methyl sites for hydroxylation is 1. The molecular formula is C12H13F2N3. The van der Waals surface area contributed by atoms with Crippen molar-refractivity contribution in [2.75, 3.05) is 5.32 Å². The molecule has 0 amide bonds. The summed E-state index contributed by atoms with van der Waals surface area (Å²) in [4.78, 5) is 0. The highest BCUT2D eigenvalue weighted by Crippen LogP contribution is 2.15. The highest BCUT2D eigenvalue weighted by Gasteiger charge is 2.04. The van der Waals surface area contributed by atoms with Gasteiger partial charge in [0.15, 0.2) is 0 Å². The van der Waals surface area contributed by atoms with E-state index in [9.17, 15) is 8.78 Å². The molecule has 1 aromatic carbocycles. The lowest BCUT2D eigenvalue weighted by Gasteiger charge is -2.05. The normalized spacial score (nSPS) is 10.5. The number of halogens is 2. The molecule has 0 saturated carbocycles. The lowest BCUT2D eigenvalue weighted by Crippen LogP contribution is -2.04. The molecule has 1 aromatic heterocycles. The molecule has 3 nitrogen and oxygen atoms in total. The Bertz CT molecular complexity index is 508. The van der Waals surface area contributed by atoms with Crippen molar-refractivity contribution < 1.29 is 8.78 Å². The first-order chi connectivity index (χ1) is 8.19. The third-order valence-electron chi connectivity index (χ3n) is 2.41. The minimum absolute atomic E-state index is 0.149. The molecule has 0 aliphatic rings. The Morgan fingerprint density at radius 1 is 1.29 bits per heavy atom. The molecule has 0 aliphatic carbocycles. The summed E-state index contributed by atoms with van der Waals surface area (Å²) in [5.41, 5.74) is 0.937. The number of anilines is 1. The molecule has 0 radical (unpaired) electrons. The second-order valence-corrected chi connectivity index (χ2v) is 3.64. The van der Waals surface area contributed by atoms with Crippen LogP contribution in [0, 0.1) is 11.6 Å². The number of nitrogens with zero attached hydrogens (tertiary/aromatic N) is 2. The van der Waals surface area contributed by atoms with E-state index in [4.69, 9.17) is 0 Å². The van der Waals surface area contributed by atoms with Crippen LogP contribution in [0.25, 0.3) is 0 Å². The molecule has 2 rings (SSSR count). The fourth-order valence-corrected chi connectivity index (χ4v) is 1.49. The van der Waals surface area contributed by atoms with Crippen LogP contribution in [-0.2, 0) is 13.1 Å². The van der Waals surface area contributed by atoms with Gasteiger partial charge >= 0.3 is 0 Å². The zero-order valence-electron chi connectivity index (χ0n) is 9.45. The van der Waals surface area contributed by atoms with Crippen LogP contribution in [-0.4, -0.2) is 9.78 Å². The summed E-state index contributed by atoms with van der Waals surface area (Å²) < 4.78 is 28.0. The summed E-state index contributed by atoms with van der Waals surface area (Å²) in [6, 6.07) is 5.16. The van der Waals surface area contributed by atoms with Gasteiger partial charge in [0.05, 0.1) is 17.9 Å². The highest BCUT2D eigenvalue weighted by atomic mass is 19.1. The molecule has 0 aliphatic heterocycles. The number of nitrogens with one attached hydrogen (secondary N) is 1. The van der Waals surface area contributed by atoms with Gasteiger partial charge in [-0.2, -0.15) is 5.10 Å². The van der Waals surface area contributed by atoms with Crippen molar-refractivity contribution in [3.8, 4) is 0 Å². The minimum Gasteiger partial charge on any atom is -0.377 e. The predicted octanol–water partition coefficient (Wildman–Crippen LogP) is 2.79. The van der Waals surface area contributed by atoms with Crippen molar-refractivity contribution in [3.63, 3.8) is 0 Å². The molecule has 17 heavy (non-hydrogen) atoms. The van der Waals surface area contributed by atoms with E-state index in [0.29, 0.717) is 6.54 Å². The molecule has 1 N–H and O–H groups in total. The van der Waals surface area contributed by atoms with Crippen molar-refractivity contribution in [2.24, 2.45) is 0 Å². The fourth-order valence-electron chi connectivity index (χ4n) is 1.49. The molecule has 2 aromatic rings. The maximum atomic E-state index is 13.3. The van der Waals surface area contributed by atoms with Crippen molar-refractivity contribution in [1.82, 2.24) is 9.78 Å². The van der Waals surface area contributed by atoms with E-state index in [1.54, 1.807) is 4.68 Å². The molecule has 0 bridgehead atoms. The summed E-state index contributed by atoms with van der Waals surface area (Å²) in [6.07, 6.45) is 1.85. The summed E-state index contributed by atoms with van der Waals surface area (Å²) in [5.74, 6) is -0.936. The zero-order chi connectivity index (χ0) is 12.3. The SMILES string of the molecule is CCn1ccc(CNc2cc(F)ccc2F)n1. The number of hydrogen-bond acceptors (Lipinski definition) is 2. The van der Waals surface area contributed by atoms with Crippen LogP contribution in [0.4, 0.5) is 14.5 Å². The molecule has 0 saturated heterocycles. The first kappa shape index (κ1) is 11.6. The highest BCUT2D eigenvalue weighted by molar-refractivity contribution is 5.45. The standard InChI is InChI=1S/C12H13F2N3/c1-2-17-6-5-10(16-17)8-15-12-7-9(13)3-4-11(12)14/h3-7,15H,2,8H2,1H3. The number of aromatic nitrogens is 2. The van der Waals surface area contributed by atoms with E-state index in [2.05, 4.69) is 10.4 Å². The number of hydrogen-bond donors (Lipinski definition) is 1. The van der Waals surface area contributed by atoms with Crippen molar-refractivity contribution in [2.45, 2.75) is 20.0 Å². The Morgan fingerprint density at radius 2 is 2.12 bits per heavy atom. The number of benzene rings is 1. The van der Waals surface area contributed by atoms with Crippen LogP contribution in [0.5, 0.6) is 0 Å². The summed E-state index contributed by atoms with van der Waals surface area (Å²) >= 11 is 0. The molecule has 0 atom stereocenters. The molecule has 0 spiro atoms. The van der Waals surface area contributed by atoms with E-state index in [1.165, 1.54) is 0 Å². The second-order valence-electron chi connectivity index (χ2n) is 3.64. The largest absolute Gasteiger partial charge is 0.377 e. The van der Waals surface area contributed by atoms with Gasteiger partial charge in [-0.3, -0.25) is 4.68 Å². The lowest BCUT2D eigenvalue weighted by atomic mass is 10.3. The van der Waals surface area contributed by atoms with Gasteiger partial charge in [0.1, 0.15) is 11.6 Å². The van der Waals surface area contributed by atoms with Crippen LogP contribution in [0.2, 0.25) is 0 Å². The van der Waals surface area contributed by atoms with E-state index < -0.39 is 11.6 Å². The van der Waals surface area contributed by atoms with Gasteiger partial charge in [-0.1, -0.05) is 0 Å². The van der Waals surface area contributed by atoms with Gasteiger partial charge in [-0.15, -0.1) is 0 Å². The molecule has 5 heteroatoms. The molecule has 90 valence electrons. The maximum absolute atomic E-state index is 13.3. The van der Waals surface area contributed by atoms with Crippen LogP contribution in [0.3, 0.4) is 0 Å².